The quantitative estimate of drug-likeness (QED) is 0.263. The lowest BCUT2D eigenvalue weighted by atomic mass is 10.0. The molecule has 4 rings (SSSR count). The fraction of sp³-hybridized carbons (Fsp3) is 0.231. The van der Waals surface area contributed by atoms with Gasteiger partial charge < -0.3 is 15.8 Å². The zero-order chi connectivity index (χ0) is 26.2. The van der Waals surface area contributed by atoms with Crippen molar-refractivity contribution in [3.63, 3.8) is 0 Å². The average Bonchev–Trinajstić information content (AvgIpc) is 3.42. The van der Waals surface area contributed by atoms with Crippen molar-refractivity contribution < 1.29 is 14.3 Å². The number of rotatable bonds is 10. The van der Waals surface area contributed by atoms with Crippen molar-refractivity contribution in [3.8, 4) is 38.8 Å². The second kappa shape index (κ2) is 12.2. The average molecular weight is 518 g/mol. The van der Waals surface area contributed by atoms with Crippen LogP contribution in [0.5, 0.6) is 5.88 Å². The van der Waals surface area contributed by atoms with Crippen molar-refractivity contribution >= 4 is 29.0 Å². The lowest BCUT2D eigenvalue weighted by molar-refractivity contribution is 0.100. The van der Waals surface area contributed by atoms with E-state index in [1.54, 1.807) is 30.7 Å². The molecule has 0 bridgehead atoms. The van der Waals surface area contributed by atoms with Crippen LogP contribution in [0.3, 0.4) is 0 Å². The fourth-order valence-corrected chi connectivity index (χ4v) is 4.38. The van der Waals surface area contributed by atoms with Gasteiger partial charge in [-0.1, -0.05) is 6.92 Å². The molecule has 10 nitrogen and oxygen atoms in total. The smallest absolute Gasteiger partial charge is 0.320 e. The number of pyridine rings is 3. The van der Waals surface area contributed by atoms with Gasteiger partial charge in [0.15, 0.2) is 5.78 Å². The van der Waals surface area contributed by atoms with Crippen LogP contribution in [0.2, 0.25) is 0 Å². The highest BCUT2D eigenvalue weighted by Gasteiger charge is 2.18. The van der Waals surface area contributed by atoms with Gasteiger partial charge in [0.2, 0.25) is 5.88 Å². The van der Waals surface area contributed by atoms with E-state index in [1.165, 1.54) is 17.5 Å². The van der Waals surface area contributed by atoms with Crippen LogP contribution in [0.1, 0.15) is 30.6 Å². The first kappa shape index (κ1) is 25.9. The maximum atomic E-state index is 12.2. The van der Waals surface area contributed by atoms with E-state index in [0.29, 0.717) is 52.2 Å². The number of urea groups is 1. The third-order valence-electron chi connectivity index (χ3n) is 5.26. The monoisotopic (exact) mass is 517 g/mol. The third-order valence-corrected chi connectivity index (χ3v) is 6.14. The van der Waals surface area contributed by atoms with Gasteiger partial charge in [-0.3, -0.25) is 15.1 Å². The van der Waals surface area contributed by atoms with Crippen molar-refractivity contribution in [1.82, 2.24) is 25.3 Å². The SMILES string of the molecule is CCCOc1ncccc1-c1csc(-c2cc(NC(=O)NCC)ncc2-c2cncc(C(=O)CN)c2)n1. The number of aromatic nitrogens is 4. The number of ketones is 1. The summed E-state index contributed by atoms with van der Waals surface area (Å²) in [7, 11) is 0. The van der Waals surface area contributed by atoms with Crippen LogP contribution in [0.15, 0.2) is 54.4 Å². The first-order valence-electron chi connectivity index (χ1n) is 11.8. The van der Waals surface area contributed by atoms with E-state index < -0.39 is 0 Å². The Morgan fingerprint density at radius 3 is 2.73 bits per heavy atom. The van der Waals surface area contributed by atoms with Crippen molar-refractivity contribution in [2.24, 2.45) is 5.73 Å². The molecule has 0 aromatic carbocycles. The molecule has 0 saturated carbocycles. The summed E-state index contributed by atoms with van der Waals surface area (Å²) in [4.78, 5) is 42.2. The number of carbonyl (C=O) groups is 2. The van der Waals surface area contributed by atoms with Crippen LogP contribution in [-0.2, 0) is 0 Å². The molecule has 37 heavy (non-hydrogen) atoms. The molecule has 0 aliphatic heterocycles. The summed E-state index contributed by atoms with van der Waals surface area (Å²) in [6, 6.07) is 6.87. The van der Waals surface area contributed by atoms with Gasteiger partial charge in [0, 0.05) is 59.0 Å². The van der Waals surface area contributed by atoms with Gasteiger partial charge in [-0.2, -0.15) is 0 Å². The number of Topliss-reactive ketones (excluding diaryl/α,β-unsaturated/α-hetero) is 1. The summed E-state index contributed by atoms with van der Waals surface area (Å²) >= 11 is 1.43. The molecule has 11 heteroatoms. The standard InChI is InChI=1S/C26H27N7O3S/c1-3-8-36-24-18(6-5-7-30-24)21-15-37-25(32-21)19-10-23(33-26(35)29-4-2)31-14-20(19)16-9-17(13-28-12-16)22(34)11-27/h5-7,9-10,12-15H,3-4,8,11,27H2,1-2H3,(H2,29,31,33,35). The van der Waals surface area contributed by atoms with Crippen LogP contribution in [0, 0.1) is 0 Å². The predicted octanol–water partition coefficient (Wildman–Crippen LogP) is 4.40. The van der Waals surface area contributed by atoms with E-state index in [4.69, 9.17) is 15.5 Å². The van der Waals surface area contributed by atoms with Crippen LogP contribution in [0.25, 0.3) is 33.0 Å². The summed E-state index contributed by atoms with van der Waals surface area (Å²) in [6.07, 6.45) is 7.31. The summed E-state index contributed by atoms with van der Waals surface area (Å²) in [5.41, 5.74) is 9.55. The van der Waals surface area contributed by atoms with Crippen LogP contribution in [0.4, 0.5) is 10.6 Å². The Kier molecular flexibility index (Phi) is 8.49. The number of nitrogens with zero attached hydrogens (tertiary/aromatic N) is 4. The van der Waals surface area contributed by atoms with Gasteiger partial charge in [-0.05, 0) is 37.6 Å². The Morgan fingerprint density at radius 1 is 1.08 bits per heavy atom. The first-order valence-corrected chi connectivity index (χ1v) is 12.7. The van der Waals surface area contributed by atoms with Crippen LogP contribution >= 0.6 is 11.3 Å². The Hall–Kier alpha value is -4.22. The predicted molar refractivity (Wildman–Crippen MR) is 144 cm³/mol. The first-order chi connectivity index (χ1) is 18.0. The molecule has 0 atom stereocenters. The molecule has 4 aromatic heterocycles. The molecule has 0 radical (unpaired) electrons. The summed E-state index contributed by atoms with van der Waals surface area (Å²) < 4.78 is 5.82. The molecule has 2 amide bonds. The largest absolute Gasteiger partial charge is 0.477 e. The van der Waals surface area contributed by atoms with Gasteiger partial charge >= 0.3 is 6.03 Å². The number of ether oxygens (including phenoxy) is 1. The lowest BCUT2D eigenvalue weighted by Crippen LogP contribution is -2.28. The Bertz CT molecular complexity index is 1410. The zero-order valence-corrected chi connectivity index (χ0v) is 21.3. The van der Waals surface area contributed by atoms with Gasteiger partial charge in [0.25, 0.3) is 0 Å². The molecule has 4 heterocycles. The van der Waals surface area contributed by atoms with Crippen LogP contribution in [-0.4, -0.2) is 51.4 Å². The number of hydrogen-bond acceptors (Lipinski definition) is 9. The molecule has 4 N–H and O–H groups in total. The van der Waals surface area contributed by atoms with E-state index in [0.717, 1.165) is 17.5 Å². The Balaban J connectivity index is 1.79. The highest BCUT2D eigenvalue weighted by molar-refractivity contribution is 7.13. The molecule has 0 saturated heterocycles. The molecular weight excluding hydrogens is 490 g/mol. The second-order valence-electron chi connectivity index (χ2n) is 7.93. The van der Waals surface area contributed by atoms with Crippen molar-refractivity contribution in [2.75, 3.05) is 25.0 Å². The zero-order valence-electron chi connectivity index (χ0n) is 20.5. The van der Waals surface area contributed by atoms with E-state index in [2.05, 4.69) is 25.6 Å². The molecule has 4 aromatic rings. The Morgan fingerprint density at radius 2 is 1.95 bits per heavy atom. The minimum absolute atomic E-state index is 0.116. The second-order valence-corrected chi connectivity index (χ2v) is 8.79. The number of thiazole rings is 1. The minimum atomic E-state index is -0.362. The fourth-order valence-electron chi connectivity index (χ4n) is 3.53. The Labute approximate surface area is 218 Å². The van der Waals surface area contributed by atoms with Crippen LogP contribution < -0.4 is 21.1 Å². The number of carbonyl (C=O) groups excluding carboxylic acids is 2. The molecule has 0 spiro atoms. The van der Waals surface area contributed by atoms with Gasteiger partial charge in [0.1, 0.15) is 10.8 Å². The molecular formula is C26H27N7O3S. The summed E-state index contributed by atoms with van der Waals surface area (Å²) in [6.45, 7) is 4.78. The number of hydrogen-bond donors (Lipinski definition) is 3. The van der Waals surface area contributed by atoms with Gasteiger partial charge in [-0.15, -0.1) is 11.3 Å². The van der Waals surface area contributed by atoms with E-state index in [1.807, 2.05) is 31.4 Å². The number of amides is 2. The van der Waals surface area contributed by atoms with Gasteiger partial charge in [-0.25, -0.2) is 19.7 Å². The van der Waals surface area contributed by atoms with E-state index >= 15 is 0 Å². The van der Waals surface area contributed by atoms with Gasteiger partial charge in [0.05, 0.1) is 24.4 Å². The summed E-state index contributed by atoms with van der Waals surface area (Å²) in [5, 5.41) is 8.05. The molecule has 0 aliphatic rings. The number of anilines is 1. The van der Waals surface area contributed by atoms with Crippen molar-refractivity contribution in [3.05, 3.63) is 60.0 Å². The third kappa shape index (κ3) is 6.13. The van der Waals surface area contributed by atoms with Crippen molar-refractivity contribution in [1.29, 1.82) is 0 Å². The highest BCUT2D eigenvalue weighted by Crippen LogP contribution is 2.38. The normalized spacial score (nSPS) is 10.7. The molecule has 0 fully saturated rings. The molecule has 0 unspecified atom stereocenters. The topological polar surface area (TPSA) is 145 Å². The summed E-state index contributed by atoms with van der Waals surface area (Å²) in [5.74, 6) is 0.662. The number of nitrogens with two attached hydrogens (primary N) is 1. The lowest BCUT2D eigenvalue weighted by Gasteiger charge is -2.12. The maximum absolute atomic E-state index is 12.2. The van der Waals surface area contributed by atoms with E-state index in [-0.39, 0.29) is 18.4 Å². The number of nitrogens with one attached hydrogen (secondary N) is 2. The maximum Gasteiger partial charge on any atom is 0.320 e. The molecule has 190 valence electrons. The van der Waals surface area contributed by atoms with Crippen molar-refractivity contribution in [2.45, 2.75) is 20.3 Å². The van der Waals surface area contributed by atoms with E-state index in [9.17, 15) is 9.59 Å². The minimum Gasteiger partial charge on any atom is -0.477 e. The molecule has 0 aliphatic carbocycles. The highest BCUT2D eigenvalue weighted by atomic mass is 32.1.